The Morgan fingerprint density at radius 1 is 0.963 bits per heavy atom. The Bertz CT molecular complexity index is 984. The maximum absolute atomic E-state index is 12.9. The molecule has 134 valence electrons. The first-order chi connectivity index (χ1) is 13.1. The molecule has 1 unspecified atom stereocenters. The molecule has 0 spiro atoms. The van der Waals surface area contributed by atoms with Gasteiger partial charge in [-0.05, 0) is 47.7 Å². The molecule has 0 radical (unpaired) electrons. The third kappa shape index (κ3) is 4.07. The highest BCUT2D eigenvalue weighted by Crippen LogP contribution is 2.28. The summed E-state index contributed by atoms with van der Waals surface area (Å²) in [7, 11) is 0. The minimum Gasteiger partial charge on any atom is -0.322 e. The zero-order chi connectivity index (χ0) is 19.2. The Labute approximate surface area is 160 Å². The fraction of sp³-hybridized carbons (Fsp3) is 0.167. The van der Waals surface area contributed by atoms with Crippen molar-refractivity contribution in [2.24, 2.45) is 0 Å². The second kappa shape index (κ2) is 8.33. The lowest BCUT2D eigenvalue weighted by Crippen LogP contribution is -2.13. The van der Waals surface area contributed by atoms with Crippen LogP contribution in [0.2, 0.25) is 0 Å². The second-order valence-electron chi connectivity index (χ2n) is 6.59. The molecule has 0 aliphatic heterocycles. The van der Waals surface area contributed by atoms with Crippen molar-refractivity contribution in [3.05, 3.63) is 89.5 Å². The highest BCUT2D eigenvalue weighted by molar-refractivity contribution is 6.09. The SMILES string of the molecule is CCC(C)c1ccc(NC(=O)c2ccccc2-c2ccccc2C#N)cc1. The van der Waals surface area contributed by atoms with Crippen LogP contribution in [0, 0.1) is 11.3 Å². The number of carbonyl (C=O) groups excluding carboxylic acids is 1. The first kappa shape index (κ1) is 18.4. The fourth-order valence-corrected chi connectivity index (χ4v) is 3.06. The first-order valence-corrected chi connectivity index (χ1v) is 9.14. The predicted octanol–water partition coefficient (Wildman–Crippen LogP) is 5.99. The lowest BCUT2D eigenvalue weighted by Gasteiger charge is -2.13. The highest BCUT2D eigenvalue weighted by atomic mass is 16.1. The van der Waals surface area contributed by atoms with E-state index in [0.717, 1.165) is 23.2 Å². The Kier molecular flexibility index (Phi) is 5.68. The number of amides is 1. The zero-order valence-electron chi connectivity index (χ0n) is 15.6. The van der Waals surface area contributed by atoms with Gasteiger partial charge in [0.2, 0.25) is 0 Å². The summed E-state index contributed by atoms with van der Waals surface area (Å²) in [5.74, 6) is 0.313. The van der Waals surface area contributed by atoms with Gasteiger partial charge in [-0.2, -0.15) is 5.26 Å². The van der Waals surface area contributed by atoms with Gasteiger partial charge in [0.15, 0.2) is 0 Å². The summed E-state index contributed by atoms with van der Waals surface area (Å²) >= 11 is 0. The summed E-state index contributed by atoms with van der Waals surface area (Å²) in [4.78, 5) is 12.9. The van der Waals surface area contributed by atoms with E-state index in [-0.39, 0.29) is 5.91 Å². The van der Waals surface area contributed by atoms with E-state index in [1.54, 1.807) is 12.1 Å². The molecule has 3 aromatic carbocycles. The van der Waals surface area contributed by atoms with E-state index in [2.05, 4.69) is 37.4 Å². The van der Waals surface area contributed by atoms with Crippen LogP contribution >= 0.6 is 0 Å². The number of rotatable bonds is 5. The van der Waals surface area contributed by atoms with Crippen molar-refractivity contribution in [1.82, 2.24) is 0 Å². The Morgan fingerprint density at radius 3 is 2.26 bits per heavy atom. The van der Waals surface area contributed by atoms with Crippen molar-refractivity contribution in [3.8, 4) is 17.2 Å². The molecular formula is C24H22N2O. The van der Waals surface area contributed by atoms with E-state index < -0.39 is 0 Å². The van der Waals surface area contributed by atoms with E-state index in [1.807, 2.05) is 48.5 Å². The highest BCUT2D eigenvalue weighted by Gasteiger charge is 2.15. The molecule has 0 fully saturated rings. The van der Waals surface area contributed by atoms with Crippen LogP contribution in [-0.4, -0.2) is 5.91 Å². The van der Waals surface area contributed by atoms with E-state index in [1.165, 1.54) is 5.56 Å². The summed E-state index contributed by atoms with van der Waals surface area (Å²) in [6.45, 7) is 4.35. The van der Waals surface area contributed by atoms with Gasteiger partial charge in [-0.15, -0.1) is 0 Å². The first-order valence-electron chi connectivity index (χ1n) is 9.14. The van der Waals surface area contributed by atoms with Gasteiger partial charge >= 0.3 is 0 Å². The third-order valence-electron chi connectivity index (χ3n) is 4.86. The number of nitrogens with one attached hydrogen (secondary N) is 1. The van der Waals surface area contributed by atoms with Gasteiger partial charge in [0.25, 0.3) is 5.91 Å². The molecule has 1 amide bonds. The molecular weight excluding hydrogens is 332 g/mol. The monoisotopic (exact) mass is 354 g/mol. The minimum absolute atomic E-state index is 0.186. The molecule has 0 aliphatic rings. The summed E-state index contributed by atoms with van der Waals surface area (Å²) in [6.07, 6.45) is 1.08. The van der Waals surface area contributed by atoms with Crippen LogP contribution in [0.1, 0.15) is 47.7 Å². The van der Waals surface area contributed by atoms with Gasteiger partial charge in [-0.25, -0.2) is 0 Å². The summed E-state index contributed by atoms with van der Waals surface area (Å²) < 4.78 is 0. The quantitative estimate of drug-likeness (QED) is 0.612. The maximum atomic E-state index is 12.9. The molecule has 3 aromatic rings. The zero-order valence-corrected chi connectivity index (χ0v) is 15.6. The van der Waals surface area contributed by atoms with E-state index in [0.29, 0.717) is 17.0 Å². The van der Waals surface area contributed by atoms with Gasteiger partial charge in [0, 0.05) is 16.8 Å². The Balaban J connectivity index is 1.89. The number of nitrogens with zero attached hydrogens (tertiary/aromatic N) is 1. The number of benzene rings is 3. The standard InChI is InChI=1S/C24H22N2O/c1-3-17(2)18-12-14-20(15-13-18)26-24(27)23-11-7-6-10-22(23)21-9-5-4-8-19(21)16-25/h4-15,17H,3H2,1-2H3,(H,26,27). The Hall–Kier alpha value is -3.38. The number of hydrogen-bond acceptors (Lipinski definition) is 2. The summed E-state index contributed by atoms with van der Waals surface area (Å²) in [5, 5.41) is 12.4. The molecule has 1 atom stereocenters. The van der Waals surface area contributed by atoms with Gasteiger partial charge < -0.3 is 5.32 Å². The number of carbonyl (C=O) groups is 1. The predicted molar refractivity (Wildman–Crippen MR) is 110 cm³/mol. The van der Waals surface area contributed by atoms with Crippen molar-refractivity contribution < 1.29 is 4.79 Å². The van der Waals surface area contributed by atoms with Crippen LogP contribution in [0.5, 0.6) is 0 Å². The van der Waals surface area contributed by atoms with Crippen molar-refractivity contribution >= 4 is 11.6 Å². The lowest BCUT2D eigenvalue weighted by atomic mass is 9.95. The average Bonchev–Trinajstić information content (AvgIpc) is 2.73. The van der Waals surface area contributed by atoms with Crippen LogP contribution < -0.4 is 5.32 Å². The van der Waals surface area contributed by atoms with Gasteiger partial charge in [-0.1, -0.05) is 62.4 Å². The van der Waals surface area contributed by atoms with Crippen LogP contribution in [-0.2, 0) is 0 Å². The molecule has 0 saturated heterocycles. The molecule has 3 heteroatoms. The van der Waals surface area contributed by atoms with Crippen LogP contribution in [0.15, 0.2) is 72.8 Å². The molecule has 0 aliphatic carbocycles. The Morgan fingerprint density at radius 2 is 1.59 bits per heavy atom. The van der Waals surface area contributed by atoms with Crippen molar-refractivity contribution in [3.63, 3.8) is 0 Å². The number of anilines is 1. The molecule has 3 rings (SSSR count). The number of hydrogen-bond donors (Lipinski definition) is 1. The maximum Gasteiger partial charge on any atom is 0.256 e. The minimum atomic E-state index is -0.186. The van der Waals surface area contributed by atoms with E-state index in [9.17, 15) is 10.1 Å². The fourth-order valence-electron chi connectivity index (χ4n) is 3.06. The molecule has 0 bridgehead atoms. The normalized spacial score (nSPS) is 11.4. The lowest BCUT2D eigenvalue weighted by molar-refractivity contribution is 0.102. The van der Waals surface area contributed by atoms with E-state index >= 15 is 0 Å². The number of nitriles is 1. The summed E-state index contributed by atoms with van der Waals surface area (Å²) in [6, 6.07) is 24.9. The van der Waals surface area contributed by atoms with Gasteiger partial charge in [-0.3, -0.25) is 4.79 Å². The molecule has 1 N–H and O–H groups in total. The molecule has 27 heavy (non-hydrogen) atoms. The van der Waals surface area contributed by atoms with Gasteiger partial charge in [0.1, 0.15) is 0 Å². The van der Waals surface area contributed by atoms with Crippen LogP contribution in [0.3, 0.4) is 0 Å². The molecule has 0 heterocycles. The van der Waals surface area contributed by atoms with E-state index in [4.69, 9.17) is 0 Å². The van der Waals surface area contributed by atoms with Crippen molar-refractivity contribution in [2.75, 3.05) is 5.32 Å². The molecule has 0 aromatic heterocycles. The molecule has 0 saturated carbocycles. The second-order valence-corrected chi connectivity index (χ2v) is 6.59. The van der Waals surface area contributed by atoms with Crippen LogP contribution in [0.4, 0.5) is 5.69 Å². The summed E-state index contributed by atoms with van der Waals surface area (Å²) in [5.41, 5.74) is 4.64. The smallest absolute Gasteiger partial charge is 0.256 e. The van der Waals surface area contributed by atoms with Crippen molar-refractivity contribution in [1.29, 1.82) is 5.26 Å². The van der Waals surface area contributed by atoms with Crippen LogP contribution in [0.25, 0.3) is 11.1 Å². The molecule has 3 nitrogen and oxygen atoms in total. The average molecular weight is 354 g/mol. The third-order valence-corrected chi connectivity index (χ3v) is 4.86. The van der Waals surface area contributed by atoms with Crippen molar-refractivity contribution in [2.45, 2.75) is 26.2 Å². The largest absolute Gasteiger partial charge is 0.322 e. The van der Waals surface area contributed by atoms with Gasteiger partial charge in [0.05, 0.1) is 11.6 Å². The topological polar surface area (TPSA) is 52.9 Å².